The summed E-state index contributed by atoms with van der Waals surface area (Å²) in [4.78, 5) is 15.2. The largest absolute Gasteiger partial charge is 0.454 e. The number of amides is 1. The van der Waals surface area contributed by atoms with Crippen LogP contribution >= 0.6 is 0 Å². The summed E-state index contributed by atoms with van der Waals surface area (Å²) < 4.78 is 39.6. The Labute approximate surface area is 236 Å². The molecule has 0 spiro atoms. The van der Waals surface area contributed by atoms with E-state index in [1.807, 2.05) is 44.2 Å². The first-order valence-electron chi connectivity index (χ1n) is 13.2. The van der Waals surface area contributed by atoms with Crippen LogP contribution in [0.5, 0.6) is 11.5 Å². The molecule has 0 saturated carbocycles. The number of aliphatic hydroxyl groups is 1. The van der Waals surface area contributed by atoms with Crippen molar-refractivity contribution in [1.29, 1.82) is 0 Å². The molecule has 1 heterocycles. The number of hydrogen-bond acceptors (Lipinski definition) is 7. The monoisotopic (exact) mass is 567 g/mol. The molecule has 0 saturated heterocycles. The summed E-state index contributed by atoms with van der Waals surface area (Å²) >= 11 is 0. The number of fused-ring (bicyclic) bond motifs is 1. The van der Waals surface area contributed by atoms with Crippen molar-refractivity contribution >= 4 is 21.6 Å². The van der Waals surface area contributed by atoms with E-state index in [9.17, 15) is 18.3 Å². The Kier molecular flexibility index (Phi) is 9.02. The van der Waals surface area contributed by atoms with Crippen molar-refractivity contribution in [3.63, 3.8) is 0 Å². The van der Waals surface area contributed by atoms with Crippen LogP contribution < -0.4 is 15.2 Å². The van der Waals surface area contributed by atoms with Crippen molar-refractivity contribution in [2.45, 2.75) is 44.2 Å². The van der Waals surface area contributed by atoms with E-state index >= 15 is 0 Å². The van der Waals surface area contributed by atoms with Crippen molar-refractivity contribution in [1.82, 2.24) is 9.21 Å². The van der Waals surface area contributed by atoms with Gasteiger partial charge >= 0.3 is 0 Å². The minimum atomic E-state index is -4.01. The third-order valence-electron chi connectivity index (χ3n) is 7.10. The van der Waals surface area contributed by atoms with Gasteiger partial charge in [0.25, 0.3) is 5.91 Å². The molecule has 3 aromatic rings. The number of nitrogens with two attached hydrogens (primary N) is 1. The lowest BCUT2D eigenvalue weighted by molar-refractivity contribution is 0.0370. The highest BCUT2D eigenvalue weighted by atomic mass is 32.2. The molecule has 0 aromatic heterocycles. The highest BCUT2D eigenvalue weighted by Gasteiger charge is 2.35. The fraction of sp³-hybridized carbons (Fsp3) is 0.367. The third-order valence-corrected chi connectivity index (χ3v) is 8.92. The Hall–Kier alpha value is -3.60. The van der Waals surface area contributed by atoms with E-state index in [-0.39, 0.29) is 36.6 Å². The van der Waals surface area contributed by atoms with Gasteiger partial charge in [-0.05, 0) is 54.7 Å². The van der Waals surface area contributed by atoms with E-state index in [0.717, 1.165) is 5.56 Å². The Bertz CT molecular complexity index is 1450. The summed E-state index contributed by atoms with van der Waals surface area (Å²) in [6.07, 6.45) is -0.872. The van der Waals surface area contributed by atoms with Crippen molar-refractivity contribution in [2.75, 3.05) is 32.7 Å². The minimum Gasteiger partial charge on any atom is -0.454 e. The number of ether oxygens (including phenoxy) is 2. The van der Waals surface area contributed by atoms with Crippen LogP contribution in [0, 0.1) is 12.8 Å². The molecular formula is C30H37N3O6S. The molecule has 9 nitrogen and oxygen atoms in total. The molecule has 1 aliphatic heterocycles. The normalized spacial score (nSPS) is 14.4. The van der Waals surface area contributed by atoms with Gasteiger partial charge in [-0.3, -0.25) is 4.79 Å². The molecular weight excluding hydrogens is 530 g/mol. The second kappa shape index (κ2) is 12.3. The molecule has 1 aliphatic rings. The molecule has 0 radical (unpaired) electrons. The molecule has 2 atom stereocenters. The molecule has 3 aromatic carbocycles. The Morgan fingerprint density at radius 3 is 2.40 bits per heavy atom. The summed E-state index contributed by atoms with van der Waals surface area (Å²) in [5, 5.41) is 11.6. The van der Waals surface area contributed by atoms with Gasteiger partial charge in [0.05, 0.1) is 17.0 Å². The lowest BCUT2D eigenvalue weighted by atomic mass is 9.98. The summed E-state index contributed by atoms with van der Waals surface area (Å²) in [5.74, 6) is 0.516. The number of anilines is 1. The average Bonchev–Trinajstić information content (AvgIpc) is 3.40. The van der Waals surface area contributed by atoms with E-state index in [4.69, 9.17) is 15.2 Å². The number of carbonyl (C=O) groups excluding carboxylic acids is 1. The number of carbonyl (C=O) groups is 1. The van der Waals surface area contributed by atoms with Gasteiger partial charge in [-0.25, -0.2) is 8.42 Å². The fourth-order valence-electron chi connectivity index (χ4n) is 4.81. The van der Waals surface area contributed by atoms with Gasteiger partial charge in [0.2, 0.25) is 16.8 Å². The van der Waals surface area contributed by atoms with Crippen LogP contribution in [0.3, 0.4) is 0 Å². The standard InChI is InChI=1S/C30H37N3O6S/c1-20(2)17-33(40(36,37)23-13-14-28-29(16-23)39-19-38-28)18-27(34)26(15-22-9-6-5-7-10-22)32(4)30(35)24-11-8-12-25(31)21(24)3/h5-14,16,20,26-27,34H,15,17-19,31H2,1-4H3/t26-,27+/m0/s1. The van der Waals surface area contributed by atoms with Crippen LogP contribution in [0.2, 0.25) is 0 Å². The number of hydrogen-bond donors (Lipinski definition) is 2. The smallest absolute Gasteiger partial charge is 0.254 e. The van der Waals surface area contributed by atoms with E-state index in [1.165, 1.54) is 21.3 Å². The fourth-order valence-corrected chi connectivity index (χ4v) is 6.44. The molecule has 40 heavy (non-hydrogen) atoms. The van der Waals surface area contributed by atoms with E-state index in [2.05, 4.69) is 0 Å². The van der Waals surface area contributed by atoms with Crippen LogP contribution in [-0.4, -0.2) is 67.7 Å². The van der Waals surface area contributed by atoms with Crippen LogP contribution in [0.1, 0.15) is 35.3 Å². The van der Waals surface area contributed by atoms with E-state index < -0.39 is 22.2 Å². The maximum atomic E-state index is 13.8. The molecule has 0 fully saturated rings. The van der Waals surface area contributed by atoms with Gasteiger partial charge in [-0.1, -0.05) is 50.2 Å². The number of sulfonamides is 1. The molecule has 214 valence electrons. The minimum absolute atomic E-state index is 0.0159. The lowest BCUT2D eigenvalue weighted by Gasteiger charge is -2.35. The van der Waals surface area contributed by atoms with Gasteiger partial charge < -0.3 is 25.2 Å². The van der Waals surface area contributed by atoms with Crippen molar-refractivity contribution in [3.05, 3.63) is 83.4 Å². The Balaban J connectivity index is 1.66. The summed E-state index contributed by atoms with van der Waals surface area (Å²) in [6, 6.07) is 18.4. The first kappa shape index (κ1) is 29.4. The predicted octanol–water partition coefficient (Wildman–Crippen LogP) is 3.70. The quantitative estimate of drug-likeness (QED) is 0.339. The Morgan fingerprint density at radius 1 is 1.00 bits per heavy atom. The first-order valence-corrected chi connectivity index (χ1v) is 14.7. The molecule has 0 unspecified atom stereocenters. The van der Waals surface area contributed by atoms with Gasteiger partial charge in [-0.2, -0.15) is 4.31 Å². The van der Waals surface area contributed by atoms with Gasteiger partial charge in [0, 0.05) is 37.5 Å². The van der Waals surface area contributed by atoms with Crippen LogP contribution in [-0.2, 0) is 16.4 Å². The molecule has 3 N–H and O–H groups in total. The van der Waals surface area contributed by atoms with Crippen molar-refractivity contribution < 1.29 is 27.8 Å². The maximum Gasteiger partial charge on any atom is 0.254 e. The zero-order valence-corrected chi connectivity index (χ0v) is 24.1. The summed E-state index contributed by atoms with van der Waals surface area (Å²) in [7, 11) is -2.39. The van der Waals surface area contributed by atoms with Crippen molar-refractivity contribution in [2.24, 2.45) is 5.92 Å². The average molecular weight is 568 g/mol. The van der Waals surface area contributed by atoms with Crippen LogP contribution in [0.4, 0.5) is 5.69 Å². The second-order valence-corrected chi connectivity index (χ2v) is 12.4. The predicted molar refractivity (Wildman–Crippen MR) is 154 cm³/mol. The van der Waals surface area contributed by atoms with Crippen molar-refractivity contribution in [3.8, 4) is 11.5 Å². The lowest BCUT2D eigenvalue weighted by Crippen LogP contribution is -2.51. The Morgan fingerprint density at radius 2 is 1.70 bits per heavy atom. The summed E-state index contributed by atoms with van der Waals surface area (Å²) in [5.41, 5.74) is 8.54. The topological polar surface area (TPSA) is 122 Å². The number of rotatable bonds is 11. The van der Waals surface area contributed by atoms with Crippen LogP contribution in [0.15, 0.2) is 71.6 Å². The molecule has 10 heteroatoms. The van der Waals surface area contributed by atoms with Crippen LogP contribution in [0.25, 0.3) is 0 Å². The van der Waals surface area contributed by atoms with Gasteiger partial charge in [-0.15, -0.1) is 0 Å². The van der Waals surface area contributed by atoms with Gasteiger partial charge in [0.15, 0.2) is 11.5 Å². The highest BCUT2D eigenvalue weighted by molar-refractivity contribution is 7.89. The van der Waals surface area contributed by atoms with Gasteiger partial charge in [0.1, 0.15) is 0 Å². The molecule has 4 rings (SSSR count). The van der Waals surface area contributed by atoms with E-state index in [0.29, 0.717) is 34.7 Å². The highest BCUT2D eigenvalue weighted by Crippen LogP contribution is 2.35. The van der Waals surface area contributed by atoms with E-state index in [1.54, 1.807) is 38.2 Å². The SMILES string of the molecule is Cc1c(N)cccc1C(=O)N(C)[C@@H](Cc1ccccc1)[C@H](O)CN(CC(C)C)S(=O)(=O)c1ccc2c(c1)OCO2. The third kappa shape index (κ3) is 6.41. The molecule has 0 aliphatic carbocycles. The molecule has 0 bridgehead atoms. The number of benzene rings is 3. The molecule has 1 amide bonds. The second-order valence-electron chi connectivity index (χ2n) is 10.5. The first-order chi connectivity index (χ1) is 19.0. The summed E-state index contributed by atoms with van der Waals surface area (Å²) in [6.45, 7) is 5.60. The number of nitrogens with zero attached hydrogens (tertiary/aromatic N) is 2. The number of likely N-dealkylation sites (N-methyl/N-ethyl adjacent to an activating group) is 1. The number of aliphatic hydroxyl groups excluding tert-OH is 1. The zero-order valence-electron chi connectivity index (χ0n) is 23.3. The maximum absolute atomic E-state index is 13.8. The zero-order chi connectivity index (χ0) is 29.0. The number of nitrogen functional groups attached to an aromatic ring is 1.